The van der Waals surface area contributed by atoms with Gasteiger partial charge >= 0.3 is 0 Å². The highest BCUT2D eigenvalue weighted by Gasteiger charge is 2.26. The number of para-hydroxylation sites is 1. The molecular weight excluding hydrogens is 316 g/mol. The molecule has 2 aliphatic heterocycles. The summed E-state index contributed by atoms with van der Waals surface area (Å²) in [4.78, 5) is 18.5. The number of hydrogen-bond donors (Lipinski definition) is 1. The number of piperidine rings is 1. The van der Waals surface area contributed by atoms with E-state index >= 15 is 0 Å². The molecule has 6 heteroatoms. The van der Waals surface area contributed by atoms with E-state index in [1.165, 1.54) is 24.1 Å². The van der Waals surface area contributed by atoms with Crippen LogP contribution in [-0.2, 0) is 16.1 Å². The number of carbonyl (C=O) groups excluding carboxylic acids is 1. The lowest BCUT2D eigenvalue weighted by molar-refractivity contribution is -0.135. The van der Waals surface area contributed by atoms with E-state index in [2.05, 4.69) is 53.1 Å². The van der Waals surface area contributed by atoms with Gasteiger partial charge in [0.25, 0.3) is 0 Å². The van der Waals surface area contributed by atoms with Crippen molar-refractivity contribution in [1.29, 1.82) is 0 Å². The van der Waals surface area contributed by atoms with Crippen molar-refractivity contribution in [3.63, 3.8) is 0 Å². The molecule has 0 aromatic heterocycles. The first-order valence-corrected chi connectivity index (χ1v) is 9.17. The Morgan fingerprint density at radius 3 is 2.72 bits per heavy atom. The molecule has 1 unspecified atom stereocenters. The zero-order valence-corrected chi connectivity index (χ0v) is 15.4. The lowest BCUT2D eigenvalue weighted by Gasteiger charge is -2.38. The second-order valence-electron chi connectivity index (χ2n) is 7.27. The second kappa shape index (κ2) is 8.17. The van der Waals surface area contributed by atoms with E-state index in [0.717, 1.165) is 26.2 Å². The van der Waals surface area contributed by atoms with E-state index in [4.69, 9.17) is 10.5 Å². The van der Waals surface area contributed by atoms with Crippen molar-refractivity contribution in [1.82, 2.24) is 9.80 Å². The summed E-state index contributed by atoms with van der Waals surface area (Å²) in [5.41, 5.74) is 8.00. The number of nitrogens with zero attached hydrogens (tertiary/aromatic N) is 3. The van der Waals surface area contributed by atoms with E-state index < -0.39 is 6.10 Å². The van der Waals surface area contributed by atoms with Crippen molar-refractivity contribution >= 4 is 11.6 Å². The maximum absolute atomic E-state index is 11.4. The first kappa shape index (κ1) is 18.2. The van der Waals surface area contributed by atoms with Crippen molar-refractivity contribution < 1.29 is 9.53 Å². The second-order valence-corrected chi connectivity index (χ2v) is 7.27. The molecule has 1 amide bonds. The summed E-state index contributed by atoms with van der Waals surface area (Å²) in [6, 6.07) is 9.18. The van der Waals surface area contributed by atoms with Crippen LogP contribution in [-0.4, -0.2) is 74.7 Å². The fourth-order valence-electron chi connectivity index (χ4n) is 3.83. The summed E-state index contributed by atoms with van der Waals surface area (Å²) in [5.74, 6) is -0.374. The average Bonchev–Trinajstić information content (AvgIpc) is 2.62. The number of hydrogen-bond acceptors (Lipinski definition) is 5. The molecule has 2 fully saturated rings. The SMILES string of the molecule is CN1CCC(N(C)c2ccccc2CN2CCOC(C(N)=O)C2)CC1. The quantitative estimate of drug-likeness (QED) is 0.858. The van der Waals surface area contributed by atoms with Gasteiger partial charge < -0.3 is 20.3 Å². The highest BCUT2D eigenvalue weighted by molar-refractivity contribution is 5.79. The van der Waals surface area contributed by atoms with Crippen LogP contribution in [0, 0.1) is 0 Å². The van der Waals surface area contributed by atoms with Crippen molar-refractivity contribution in [2.75, 3.05) is 51.8 Å². The Balaban J connectivity index is 1.69. The summed E-state index contributed by atoms with van der Waals surface area (Å²) in [5, 5.41) is 0. The predicted octanol–water partition coefficient (Wildman–Crippen LogP) is 0.903. The molecule has 6 nitrogen and oxygen atoms in total. The number of carbonyl (C=O) groups is 1. The van der Waals surface area contributed by atoms with Crippen LogP contribution in [0.1, 0.15) is 18.4 Å². The molecule has 25 heavy (non-hydrogen) atoms. The van der Waals surface area contributed by atoms with E-state index in [0.29, 0.717) is 19.2 Å². The molecule has 0 bridgehead atoms. The van der Waals surface area contributed by atoms with Gasteiger partial charge in [0.2, 0.25) is 5.91 Å². The highest BCUT2D eigenvalue weighted by atomic mass is 16.5. The summed E-state index contributed by atoms with van der Waals surface area (Å²) in [6.45, 7) is 5.08. The number of rotatable bonds is 5. The van der Waals surface area contributed by atoms with Crippen LogP contribution >= 0.6 is 0 Å². The summed E-state index contributed by atoms with van der Waals surface area (Å²) in [7, 11) is 4.40. The highest BCUT2D eigenvalue weighted by Crippen LogP contribution is 2.26. The van der Waals surface area contributed by atoms with Crippen LogP contribution in [0.5, 0.6) is 0 Å². The standard InChI is InChI=1S/C19H30N4O2/c1-21-9-7-16(8-10-21)22(2)17-6-4-3-5-15(17)13-23-11-12-25-18(14-23)19(20)24/h3-6,16,18H,7-14H2,1-2H3,(H2,20,24). The van der Waals surface area contributed by atoms with Crippen LogP contribution in [0.25, 0.3) is 0 Å². The maximum Gasteiger partial charge on any atom is 0.247 e. The van der Waals surface area contributed by atoms with Crippen LogP contribution in [0.4, 0.5) is 5.69 Å². The average molecular weight is 346 g/mol. The summed E-state index contributed by atoms with van der Waals surface area (Å²) >= 11 is 0. The van der Waals surface area contributed by atoms with E-state index in [9.17, 15) is 4.79 Å². The van der Waals surface area contributed by atoms with Crippen LogP contribution in [0.2, 0.25) is 0 Å². The molecule has 1 aromatic carbocycles. The van der Waals surface area contributed by atoms with Gasteiger partial charge in [0.05, 0.1) is 6.61 Å². The van der Waals surface area contributed by atoms with Gasteiger partial charge in [-0.2, -0.15) is 0 Å². The Kier molecular flexibility index (Phi) is 5.93. The van der Waals surface area contributed by atoms with Crippen molar-refractivity contribution in [2.24, 2.45) is 5.73 Å². The Hall–Kier alpha value is -1.63. The molecule has 3 rings (SSSR count). The monoisotopic (exact) mass is 346 g/mol. The lowest BCUT2D eigenvalue weighted by atomic mass is 10.0. The van der Waals surface area contributed by atoms with Gasteiger partial charge in [-0.3, -0.25) is 9.69 Å². The molecule has 2 N–H and O–H groups in total. The number of nitrogens with two attached hydrogens (primary N) is 1. The Morgan fingerprint density at radius 1 is 1.28 bits per heavy atom. The minimum Gasteiger partial charge on any atom is -0.371 e. The number of anilines is 1. The Morgan fingerprint density at radius 2 is 2.00 bits per heavy atom. The molecule has 0 spiro atoms. The fourth-order valence-corrected chi connectivity index (χ4v) is 3.83. The molecular formula is C19H30N4O2. The minimum atomic E-state index is -0.493. The van der Waals surface area contributed by atoms with Crippen LogP contribution in [0.3, 0.4) is 0 Å². The number of morpholine rings is 1. The van der Waals surface area contributed by atoms with Gasteiger partial charge in [-0.05, 0) is 44.6 Å². The van der Waals surface area contributed by atoms with Crippen molar-refractivity contribution in [3.05, 3.63) is 29.8 Å². The Bertz CT molecular complexity index is 587. The van der Waals surface area contributed by atoms with E-state index in [1.54, 1.807) is 0 Å². The van der Waals surface area contributed by atoms with Crippen molar-refractivity contribution in [3.8, 4) is 0 Å². The third-order valence-corrected chi connectivity index (χ3v) is 5.47. The minimum absolute atomic E-state index is 0.374. The zero-order chi connectivity index (χ0) is 17.8. The van der Waals surface area contributed by atoms with Gasteiger partial charge in [-0.15, -0.1) is 0 Å². The molecule has 2 saturated heterocycles. The first-order valence-electron chi connectivity index (χ1n) is 9.17. The fraction of sp³-hybridized carbons (Fsp3) is 0.632. The zero-order valence-electron chi connectivity index (χ0n) is 15.4. The normalized spacial score (nSPS) is 23.5. The predicted molar refractivity (Wildman–Crippen MR) is 99.6 cm³/mol. The van der Waals surface area contributed by atoms with Gasteiger partial charge in [0, 0.05) is 38.4 Å². The van der Waals surface area contributed by atoms with Crippen LogP contribution < -0.4 is 10.6 Å². The number of ether oxygens (including phenoxy) is 1. The molecule has 1 aromatic rings. The molecule has 2 aliphatic rings. The van der Waals surface area contributed by atoms with E-state index in [1.807, 2.05) is 0 Å². The smallest absolute Gasteiger partial charge is 0.247 e. The molecule has 0 aliphatic carbocycles. The number of likely N-dealkylation sites (tertiary alicyclic amines) is 1. The number of benzene rings is 1. The first-order chi connectivity index (χ1) is 12.0. The van der Waals surface area contributed by atoms with E-state index in [-0.39, 0.29) is 5.91 Å². The lowest BCUT2D eigenvalue weighted by Crippen LogP contribution is -2.48. The molecule has 138 valence electrons. The number of primary amides is 1. The van der Waals surface area contributed by atoms with Gasteiger partial charge in [-0.1, -0.05) is 18.2 Å². The maximum atomic E-state index is 11.4. The molecule has 2 heterocycles. The molecule has 0 radical (unpaired) electrons. The topological polar surface area (TPSA) is 62.0 Å². The van der Waals surface area contributed by atoms with Gasteiger partial charge in [0.1, 0.15) is 6.10 Å². The summed E-state index contributed by atoms with van der Waals surface area (Å²) < 4.78 is 5.46. The van der Waals surface area contributed by atoms with Gasteiger partial charge in [0.15, 0.2) is 0 Å². The third kappa shape index (κ3) is 4.51. The molecule has 0 saturated carbocycles. The van der Waals surface area contributed by atoms with Gasteiger partial charge in [-0.25, -0.2) is 0 Å². The molecule has 1 atom stereocenters. The van der Waals surface area contributed by atoms with Crippen molar-refractivity contribution in [2.45, 2.75) is 31.5 Å². The Labute approximate surface area is 150 Å². The summed E-state index contributed by atoms with van der Waals surface area (Å²) in [6.07, 6.45) is 1.90. The van der Waals surface area contributed by atoms with Crippen LogP contribution in [0.15, 0.2) is 24.3 Å². The number of amides is 1. The third-order valence-electron chi connectivity index (χ3n) is 5.47. The largest absolute Gasteiger partial charge is 0.371 e.